The summed E-state index contributed by atoms with van der Waals surface area (Å²) in [6.07, 6.45) is 8.25. The molecule has 2 fully saturated rings. The number of hydrogen-bond acceptors (Lipinski definition) is 7. The number of carbonyl (C=O) groups is 2. The molecule has 5 rings (SSSR count). The lowest BCUT2D eigenvalue weighted by molar-refractivity contribution is 0.102. The molecule has 0 aliphatic heterocycles. The fourth-order valence-electron chi connectivity index (χ4n) is 5.62. The van der Waals surface area contributed by atoms with E-state index in [1.807, 2.05) is 34.2 Å². The number of nitrogens with zero attached hydrogens (tertiary/aromatic N) is 4. The summed E-state index contributed by atoms with van der Waals surface area (Å²) < 4.78 is 1.94. The highest BCUT2D eigenvalue weighted by molar-refractivity contribution is 6.09. The van der Waals surface area contributed by atoms with Crippen LogP contribution in [0.4, 0.5) is 10.6 Å². The Labute approximate surface area is 227 Å². The van der Waals surface area contributed by atoms with Crippen LogP contribution in [0.1, 0.15) is 73.9 Å². The van der Waals surface area contributed by atoms with Crippen LogP contribution in [0.3, 0.4) is 0 Å². The molecule has 0 unspecified atom stereocenters. The number of carbonyl (C=O) groups excluding carboxylic acids is 1. The number of amidine groups is 1. The number of rotatable bonds is 9. The van der Waals surface area contributed by atoms with Crippen molar-refractivity contribution in [3.8, 4) is 0 Å². The maximum atomic E-state index is 13.7. The van der Waals surface area contributed by atoms with Gasteiger partial charge < -0.3 is 15.0 Å². The lowest BCUT2D eigenvalue weighted by atomic mass is 9.80. The highest BCUT2D eigenvalue weighted by Gasteiger charge is 2.30. The lowest BCUT2D eigenvalue weighted by Gasteiger charge is -2.32. The molecule has 2 aliphatic carbocycles. The van der Waals surface area contributed by atoms with Crippen molar-refractivity contribution in [2.24, 2.45) is 17.8 Å². The zero-order chi connectivity index (χ0) is 27.5. The quantitative estimate of drug-likeness (QED) is 0.128. The van der Waals surface area contributed by atoms with Crippen LogP contribution in [0.15, 0.2) is 43.0 Å². The van der Waals surface area contributed by atoms with Gasteiger partial charge in [-0.15, -0.1) is 6.58 Å². The first kappa shape index (κ1) is 26.5. The van der Waals surface area contributed by atoms with E-state index in [0.717, 1.165) is 38.5 Å². The molecular formula is C29H35N7O3. The van der Waals surface area contributed by atoms with Gasteiger partial charge in [-0.3, -0.25) is 15.5 Å². The zero-order valence-corrected chi connectivity index (χ0v) is 22.2. The number of amides is 1. The molecule has 10 heteroatoms. The van der Waals surface area contributed by atoms with E-state index in [1.54, 1.807) is 12.1 Å². The fraction of sp³-hybridized carbons (Fsp3) is 0.448. The minimum Gasteiger partial charge on any atom is -0.465 e. The van der Waals surface area contributed by atoms with Crippen molar-refractivity contribution in [2.45, 2.75) is 64.5 Å². The summed E-state index contributed by atoms with van der Waals surface area (Å²) in [4.78, 5) is 38.7. The Bertz CT molecular complexity index is 1390. The molecule has 1 amide bonds. The third-order valence-electron chi connectivity index (χ3n) is 8.18. The number of hydrogen-bond donors (Lipinski definition) is 4. The molecule has 10 nitrogen and oxygen atoms in total. The average molecular weight is 530 g/mol. The number of benzene rings is 1. The molecule has 2 aromatic heterocycles. The van der Waals surface area contributed by atoms with Gasteiger partial charge in [-0.1, -0.05) is 42.8 Å². The Morgan fingerprint density at radius 1 is 1.13 bits per heavy atom. The van der Waals surface area contributed by atoms with Gasteiger partial charge in [-0.2, -0.15) is 0 Å². The number of aromatic nitrogens is 4. The van der Waals surface area contributed by atoms with E-state index < -0.39 is 11.9 Å². The highest BCUT2D eigenvalue weighted by Crippen LogP contribution is 2.35. The minimum atomic E-state index is -1.37. The van der Waals surface area contributed by atoms with Crippen molar-refractivity contribution >= 4 is 34.7 Å². The first-order valence-electron chi connectivity index (χ1n) is 13.7. The second-order valence-electron chi connectivity index (χ2n) is 10.8. The van der Waals surface area contributed by atoms with Crippen LogP contribution in [0.5, 0.6) is 0 Å². The summed E-state index contributed by atoms with van der Waals surface area (Å²) in [5.41, 5.74) is 1.40. The van der Waals surface area contributed by atoms with Gasteiger partial charge in [0, 0.05) is 18.2 Å². The lowest BCUT2D eigenvalue weighted by Crippen LogP contribution is -2.33. The molecule has 0 bridgehead atoms. The van der Waals surface area contributed by atoms with Gasteiger partial charge in [-0.05, 0) is 63.2 Å². The summed E-state index contributed by atoms with van der Waals surface area (Å²) in [5, 5.41) is 22.9. The molecule has 2 saturated carbocycles. The molecular weight excluding hydrogens is 494 g/mol. The SMILES string of the molecule is C=CC1CCC(Cn2c(C(=O)c3ccccc3)nc3nc(C(=N)NC(=O)O)nc(N[C@H](C)C4CCC4)c32)CC1. The summed E-state index contributed by atoms with van der Waals surface area (Å²) in [5.74, 6) is 1.34. The zero-order valence-electron chi connectivity index (χ0n) is 22.2. The first-order chi connectivity index (χ1) is 18.8. The maximum absolute atomic E-state index is 13.7. The number of carboxylic acid groups (broad SMARTS) is 1. The van der Waals surface area contributed by atoms with E-state index in [1.165, 1.54) is 6.42 Å². The molecule has 0 spiro atoms. The first-order valence-corrected chi connectivity index (χ1v) is 13.7. The van der Waals surface area contributed by atoms with Gasteiger partial charge in [0.2, 0.25) is 5.78 Å². The van der Waals surface area contributed by atoms with Crippen molar-refractivity contribution < 1.29 is 14.7 Å². The van der Waals surface area contributed by atoms with Crippen LogP contribution >= 0.6 is 0 Å². The van der Waals surface area contributed by atoms with Crippen molar-refractivity contribution in [1.82, 2.24) is 24.8 Å². The number of nitrogens with one attached hydrogen (secondary N) is 3. The van der Waals surface area contributed by atoms with E-state index in [9.17, 15) is 9.59 Å². The number of imidazole rings is 1. The van der Waals surface area contributed by atoms with E-state index in [0.29, 0.717) is 41.2 Å². The molecule has 3 aromatic rings. The van der Waals surface area contributed by atoms with Crippen LogP contribution in [-0.2, 0) is 6.54 Å². The van der Waals surface area contributed by atoms with Crippen molar-refractivity contribution in [3.05, 3.63) is 60.2 Å². The Hall–Kier alpha value is -4.08. The van der Waals surface area contributed by atoms with Crippen molar-refractivity contribution in [3.63, 3.8) is 0 Å². The Kier molecular flexibility index (Phi) is 7.72. The van der Waals surface area contributed by atoms with Crippen LogP contribution in [0, 0.1) is 23.2 Å². The molecule has 4 N–H and O–H groups in total. The number of ketones is 1. The van der Waals surface area contributed by atoms with Gasteiger partial charge in [0.05, 0.1) is 0 Å². The van der Waals surface area contributed by atoms with Crippen molar-refractivity contribution in [2.75, 3.05) is 5.32 Å². The van der Waals surface area contributed by atoms with Crippen LogP contribution in [0.25, 0.3) is 11.2 Å². The third kappa shape index (κ3) is 5.69. The number of allylic oxidation sites excluding steroid dienone is 1. The predicted molar refractivity (Wildman–Crippen MR) is 149 cm³/mol. The predicted octanol–water partition coefficient (Wildman–Crippen LogP) is 5.24. The largest absolute Gasteiger partial charge is 0.465 e. The van der Waals surface area contributed by atoms with Crippen molar-refractivity contribution in [1.29, 1.82) is 5.41 Å². The van der Waals surface area contributed by atoms with Gasteiger partial charge in [0.1, 0.15) is 5.52 Å². The van der Waals surface area contributed by atoms with E-state index in [2.05, 4.69) is 33.8 Å². The molecule has 1 aromatic carbocycles. The highest BCUT2D eigenvalue weighted by atomic mass is 16.4. The molecule has 39 heavy (non-hydrogen) atoms. The van der Waals surface area contributed by atoms with E-state index >= 15 is 0 Å². The Balaban J connectivity index is 1.62. The standard InChI is InChI=1S/C29H35N7O3/c1-3-18-12-14-19(15-13-18)16-36-22-25(31-17(2)20-10-7-11-20)33-27(24(30)32-29(38)39)34-26(22)35-28(36)23(37)21-8-5-4-6-9-21/h3-6,8-9,17-20H,1,7,10-16H2,2H3,(H2,30,32)(H,38,39)(H,31,33,34)/t17-,18?,19?/m1/s1. The average Bonchev–Trinajstić information content (AvgIpc) is 3.26. The second kappa shape index (κ2) is 11.3. The molecule has 2 aliphatic rings. The Morgan fingerprint density at radius 3 is 2.46 bits per heavy atom. The summed E-state index contributed by atoms with van der Waals surface area (Å²) in [6, 6.07) is 9.14. The van der Waals surface area contributed by atoms with E-state index in [-0.39, 0.29) is 29.1 Å². The molecule has 0 radical (unpaired) electrons. The number of fused-ring (bicyclic) bond motifs is 1. The molecule has 1 atom stereocenters. The fourth-order valence-corrected chi connectivity index (χ4v) is 5.62. The number of anilines is 1. The van der Waals surface area contributed by atoms with Gasteiger partial charge in [0.25, 0.3) is 0 Å². The topological polar surface area (TPSA) is 146 Å². The Morgan fingerprint density at radius 2 is 1.85 bits per heavy atom. The smallest absolute Gasteiger partial charge is 0.410 e. The van der Waals surface area contributed by atoms with Gasteiger partial charge in [0.15, 0.2) is 28.9 Å². The summed E-state index contributed by atoms with van der Waals surface area (Å²) >= 11 is 0. The monoisotopic (exact) mass is 529 g/mol. The molecule has 204 valence electrons. The maximum Gasteiger partial charge on any atom is 0.410 e. The van der Waals surface area contributed by atoms with E-state index in [4.69, 9.17) is 10.5 Å². The summed E-state index contributed by atoms with van der Waals surface area (Å²) in [7, 11) is 0. The minimum absolute atomic E-state index is 0.0944. The van der Waals surface area contributed by atoms with Gasteiger partial charge >= 0.3 is 6.09 Å². The normalized spacial score (nSPS) is 20.1. The van der Waals surface area contributed by atoms with Crippen LogP contribution in [-0.4, -0.2) is 48.4 Å². The van der Waals surface area contributed by atoms with Crippen LogP contribution < -0.4 is 10.6 Å². The summed E-state index contributed by atoms with van der Waals surface area (Å²) in [6.45, 7) is 6.65. The second-order valence-corrected chi connectivity index (χ2v) is 10.8. The van der Waals surface area contributed by atoms with Gasteiger partial charge in [-0.25, -0.2) is 19.7 Å². The molecule has 0 saturated heterocycles. The molecule has 2 heterocycles. The third-order valence-corrected chi connectivity index (χ3v) is 8.18. The van der Waals surface area contributed by atoms with Crippen LogP contribution in [0.2, 0.25) is 0 Å².